The zero-order valence-electron chi connectivity index (χ0n) is 9.06. The smallest absolute Gasteiger partial charge is 0.341 e. The van der Waals surface area contributed by atoms with Crippen molar-refractivity contribution >= 4 is 27.6 Å². The van der Waals surface area contributed by atoms with Crippen molar-refractivity contribution in [3.63, 3.8) is 0 Å². The Morgan fingerprint density at radius 1 is 1.47 bits per heavy atom. The van der Waals surface area contributed by atoms with Crippen LogP contribution in [0.25, 0.3) is 0 Å². The van der Waals surface area contributed by atoms with Crippen molar-refractivity contribution in [2.24, 2.45) is 0 Å². The number of halogens is 1. The number of nitrogens with two attached hydrogens (primary N) is 1. The fraction of sp³-hybridized carbons (Fsp3) is 0.364. The second-order valence-electron chi connectivity index (χ2n) is 3.33. The number of esters is 1. The minimum atomic E-state index is -0.381. The largest absolute Gasteiger partial charge is 0.462 e. The topological polar surface area (TPSA) is 52.3 Å². The highest BCUT2D eigenvalue weighted by Gasteiger charge is 2.18. The number of aryl methyl sites for hydroxylation is 2. The SMILES string of the molecule is CCOC(=O)c1c(N)c(C)cc(C)c1Br. The van der Waals surface area contributed by atoms with Crippen LogP contribution in [-0.2, 0) is 4.74 Å². The molecule has 0 aliphatic heterocycles. The summed E-state index contributed by atoms with van der Waals surface area (Å²) in [7, 11) is 0. The van der Waals surface area contributed by atoms with E-state index in [4.69, 9.17) is 10.5 Å². The summed E-state index contributed by atoms with van der Waals surface area (Å²) in [4.78, 5) is 11.7. The Labute approximate surface area is 97.7 Å². The lowest BCUT2D eigenvalue weighted by molar-refractivity contribution is 0.0526. The summed E-state index contributed by atoms with van der Waals surface area (Å²) >= 11 is 3.35. The van der Waals surface area contributed by atoms with Gasteiger partial charge >= 0.3 is 5.97 Å². The molecule has 0 aromatic heterocycles. The first kappa shape index (κ1) is 12.0. The molecule has 0 spiro atoms. The van der Waals surface area contributed by atoms with E-state index in [1.807, 2.05) is 19.9 Å². The van der Waals surface area contributed by atoms with Crippen molar-refractivity contribution in [1.29, 1.82) is 0 Å². The summed E-state index contributed by atoms with van der Waals surface area (Å²) in [6, 6.07) is 1.93. The van der Waals surface area contributed by atoms with Gasteiger partial charge in [0.2, 0.25) is 0 Å². The summed E-state index contributed by atoms with van der Waals surface area (Å²) in [6.45, 7) is 5.90. The maximum atomic E-state index is 11.7. The molecule has 3 nitrogen and oxygen atoms in total. The fourth-order valence-corrected chi connectivity index (χ4v) is 1.87. The minimum absolute atomic E-state index is 0.345. The highest BCUT2D eigenvalue weighted by atomic mass is 79.9. The number of benzene rings is 1. The minimum Gasteiger partial charge on any atom is -0.462 e. The summed E-state index contributed by atoms with van der Waals surface area (Å²) < 4.78 is 5.66. The number of anilines is 1. The summed E-state index contributed by atoms with van der Waals surface area (Å²) in [5, 5.41) is 0. The van der Waals surface area contributed by atoms with Gasteiger partial charge in [-0.3, -0.25) is 0 Å². The van der Waals surface area contributed by atoms with E-state index in [9.17, 15) is 4.79 Å². The highest BCUT2D eigenvalue weighted by Crippen LogP contribution is 2.30. The number of carbonyl (C=O) groups excluding carboxylic acids is 1. The Morgan fingerprint density at radius 2 is 2.07 bits per heavy atom. The molecule has 1 aromatic rings. The number of hydrogen-bond donors (Lipinski definition) is 1. The molecule has 1 rings (SSSR count). The summed E-state index contributed by atoms with van der Waals surface area (Å²) in [5.74, 6) is -0.381. The highest BCUT2D eigenvalue weighted by molar-refractivity contribution is 9.10. The van der Waals surface area contributed by atoms with Gasteiger partial charge < -0.3 is 10.5 Å². The van der Waals surface area contributed by atoms with Crippen molar-refractivity contribution < 1.29 is 9.53 Å². The Balaban J connectivity index is 3.32. The van der Waals surface area contributed by atoms with E-state index in [0.717, 1.165) is 11.1 Å². The van der Waals surface area contributed by atoms with Gasteiger partial charge in [-0.25, -0.2) is 4.79 Å². The van der Waals surface area contributed by atoms with Gasteiger partial charge in [0.1, 0.15) is 0 Å². The molecule has 0 saturated carbocycles. The molecule has 15 heavy (non-hydrogen) atoms. The third kappa shape index (κ3) is 2.31. The van der Waals surface area contributed by atoms with E-state index in [1.165, 1.54) is 0 Å². The van der Waals surface area contributed by atoms with E-state index >= 15 is 0 Å². The molecule has 0 radical (unpaired) electrons. The van der Waals surface area contributed by atoms with Crippen LogP contribution >= 0.6 is 15.9 Å². The van der Waals surface area contributed by atoms with Crippen molar-refractivity contribution in [1.82, 2.24) is 0 Å². The van der Waals surface area contributed by atoms with Crippen molar-refractivity contribution in [3.05, 3.63) is 27.2 Å². The van der Waals surface area contributed by atoms with Gasteiger partial charge in [0.15, 0.2) is 0 Å². The van der Waals surface area contributed by atoms with E-state index in [0.29, 0.717) is 22.3 Å². The van der Waals surface area contributed by atoms with Crippen molar-refractivity contribution in [3.8, 4) is 0 Å². The van der Waals surface area contributed by atoms with Crippen molar-refractivity contribution in [2.45, 2.75) is 20.8 Å². The zero-order chi connectivity index (χ0) is 11.6. The van der Waals surface area contributed by atoms with E-state index in [2.05, 4.69) is 15.9 Å². The van der Waals surface area contributed by atoms with Crippen LogP contribution in [-0.4, -0.2) is 12.6 Å². The summed E-state index contributed by atoms with van der Waals surface area (Å²) in [6.07, 6.45) is 0. The molecule has 1 aromatic carbocycles. The molecule has 0 saturated heterocycles. The second kappa shape index (κ2) is 4.66. The Kier molecular flexibility index (Phi) is 3.74. The molecular formula is C11H14BrNO2. The number of hydrogen-bond acceptors (Lipinski definition) is 3. The Hall–Kier alpha value is -1.03. The van der Waals surface area contributed by atoms with Crippen LogP contribution in [0.3, 0.4) is 0 Å². The number of ether oxygens (including phenoxy) is 1. The average Bonchev–Trinajstić information content (AvgIpc) is 2.16. The normalized spacial score (nSPS) is 10.1. The van der Waals surface area contributed by atoms with E-state index < -0.39 is 0 Å². The van der Waals surface area contributed by atoms with Gasteiger partial charge in [0.05, 0.1) is 17.9 Å². The van der Waals surface area contributed by atoms with Gasteiger partial charge in [-0.2, -0.15) is 0 Å². The van der Waals surface area contributed by atoms with Gasteiger partial charge in [0, 0.05) is 4.47 Å². The predicted octanol–water partition coefficient (Wildman–Crippen LogP) is 2.82. The Bertz CT molecular complexity index is 376. The molecular weight excluding hydrogens is 258 g/mol. The lowest BCUT2D eigenvalue weighted by Crippen LogP contribution is -2.11. The molecule has 0 aliphatic carbocycles. The van der Waals surface area contributed by atoms with Gasteiger partial charge in [-0.1, -0.05) is 6.07 Å². The molecule has 0 unspecified atom stereocenters. The van der Waals surface area contributed by atoms with E-state index in [-0.39, 0.29) is 5.97 Å². The lowest BCUT2D eigenvalue weighted by Gasteiger charge is -2.12. The molecule has 0 atom stereocenters. The molecule has 0 aliphatic rings. The molecule has 4 heteroatoms. The van der Waals surface area contributed by atoms with Gasteiger partial charge in [-0.15, -0.1) is 0 Å². The first-order chi connectivity index (χ1) is 6.99. The first-order valence-electron chi connectivity index (χ1n) is 4.71. The van der Waals surface area contributed by atoms with Crippen LogP contribution in [0.1, 0.15) is 28.4 Å². The Morgan fingerprint density at radius 3 is 2.60 bits per heavy atom. The standard InChI is InChI=1S/C11H14BrNO2/c1-4-15-11(14)8-9(12)6(2)5-7(3)10(8)13/h5H,4,13H2,1-3H3. The molecule has 2 N–H and O–H groups in total. The first-order valence-corrected chi connectivity index (χ1v) is 5.50. The van der Waals surface area contributed by atoms with Crippen LogP contribution in [0.15, 0.2) is 10.5 Å². The van der Waals surface area contributed by atoms with E-state index in [1.54, 1.807) is 6.92 Å². The second-order valence-corrected chi connectivity index (χ2v) is 4.13. The number of carbonyl (C=O) groups is 1. The van der Waals surface area contributed by atoms with Crippen LogP contribution < -0.4 is 5.73 Å². The van der Waals surface area contributed by atoms with Gasteiger partial charge in [0.25, 0.3) is 0 Å². The molecule has 0 bridgehead atoms. The maximum Gasteiger partial charge on any atom is 0.341 e. The molecule has 0 amide bonds. The third-order valence-electron chi connectivity index (χ3n) is 2.17. The predicted molar refractivity (Wildman–Crippen MR) is 64.0 cm³/mol. The fourth-order valence-electron chi connectivity index (χ4n) is 1.38. The third-order valence-corrected chi connectivity index (χ3v) is 3.19. The zero-order valence-corrected chi connectivity index (χ0v) is 10.6. The molecule has 82 valence electrons. The maximum absolute atomic E-state index is 11.7. The van der Waals surface area contributed by atoms with Crippen LogP contribution in [0.4, 0.5) is 5.69 Å². The molecule has 0 fully saturated rings. The average molecular weight is 272 g/mol. The van der Waals surface area contributed by atoms with Crippen LogP contribution in [0, 0.1) is 13.8 Å². The van der Waals surface area contributed by atoms with Crippen molar-refractivity contribution in [2.75, 3.05) is 12.3 Å². The number of rotatable bonds is 2. The quantitative estimate of drug-likeness (QED) is 0.665. The summed E-state index contributed by atoms with van der Waals surface area (Å²) in [5.41, 5.74) is 8.62. The number of nitrogen functional groups attached to an aromatic ring is 1. The van der Waals surface area contributed by atoms with Gasteiger partial charge in [-0.05, 0) is 47.8 Å². The lowest BCUT2D eigenvalue weighted by atomic mass is 10.0. The van der Waals surface area contributed by atoms with Crippen LogP contribution in [0.2, 0.25) is 0 Å². The molecule has 0 heterocycles. The monoisotopic (exact) mass is 271 g/mol. The van der Waals surface area contributed by atoms with Crippen LogP contribution in [0.5, 0.6) is 0 Å².